The molecule has 0 aliphatic rings. The van der Waals surface area contributed by atoms with Crippen LogP contribution in [-0.4, -0.2) is 15.6 Å². The number of aromatic carboxylic acids is 1. The Hall–Kier alpha value is -2.35. The summed E-state index contributed by atoms with van der Waals surface area (Å²) >= 11 is 3.13. The van der Waals surface area contributed by atoms with Crippen molar-refractivity contribution < 1.29 is 27.5 Å². The van der Waals surface area contributed by atoms with Crippen molar-refractivity contribution in [2.75, 3.05) is 0 Å². The molecule has 8 heteroatoms. The standard InChI is InChI=1S/C17H10BrF4NO2/c18-13-7-11(17(20,21)22)6-9-4-5-23(15(9)13)8-10-2-1-3-12(14(10)19)16(24)25/h1-7H,8H2,(H,24,25). The van der Waals surface area contributed by atoms with Gasteiger partial charge in [0.25, 0.3) is 0 Å². The number of nitrogens with zero attached hydrogens (tertiary/aromatic N) is 1. The summed E-state index contributed by atoms with van der Waals surface area (Å²) in [4.78, 5) is 11.0. The zero-order valence-corrected chi connectivity index (χ0v) is 14.0. The first-order valence-corrected chi connectivity index (χ1v) is 7.84. The van der Waals surface area contributed by atoms with Gasteiger partial charge < -0.3 is 9.67 Å². The van der Waals surface area contributed by atoms with Crippen molar-refractivity contribution in [2.24, 2.45) is 0 Å². The van der Waals surface area contributed by atoms with E-state index in [4.69, 9.17) is 5.11 Å². The molecule has 1 N–H and O–H groups in total. The lowest BCUT2D eigenvalue weighted by Crippen LogP contribution is -2.07. The number of fused-ring (bicyclic) bond motifs is 1. The summed E-state index contributed by atoms with van der Waals surface area (Å²) in [5.41, 5.74) is -0.645. The van der Waals surface area contributed by atoms with Crippen molar-refractivity contribution in [1.29, 1.82) is 0 Å². The van der Waals surface area contributed by atoms with E-state index in [9.17, 15) is 22.4 Å². The van der Waals surface area contributed by atoms with Gasteiger partial charge in [-0.2, -0.15) is 13.2 Å². The molecule has 3 rings (SSSR count). The molecule has 0 radical (unpaired) electrons. The van der Waals surface area contributed by atoms with Crippen LogP contribution in [0.5, 0.6) is 0 Å². The minimum Gasteiger partial charge on any atom is -0.478 e. The van der Waals surface area contributed by atoms with Gasteiger partial charge in [0, 0.05) is 21.6 Å². The molecule has 1 aromatic heterocycles. The summed E-state index contributed by atoms with van der Waals surface area (Å²) < 4.78 is 54.7. The molecule has 0 bridgehead atoms. The van der Waals surface area contributed by atoms with Crippen LogP contribution in [0.3, 0.4) is 0 Å². The van der Waals surface area contributed by atoms with Crippen molar-refractivity contribution in [3.63, 3.8) is 0 Å². The monoisotopic (exact) mass is 415 g/mol. The van der Waals surface area contributed by atoms with Crippen LogP contribution >= 0.6 is 15.9 Å². The molecule has 0 saturated heterocycles. The van der Waals surface area contributed by atoms with Crippen molar-refractivity contribution in [3.8, 4) is 0 Å². The molecule has 25 heavy (non-hydrogen) atoms. The Morgan fingerprint density at radius 3 is 2.56 bits per heavy atom. The number of rotatable bonds is 3. The van der Waals surface area contributed by atoms with E-state index in [2.05, 4.69) is 15.9 Å². The van der Waals surface area contributed by atoms with Crippen LogP contribution in [0.4, 0.5) is 17.6 Å². The molecule has 0 aliphatic carbocycles. The lowest BCUT2D eigenvalue weighted by atomic mass is 10.1. The van der Waals surface area contributed by atoms with Crippen molar-refractivity contribution in [2.45, 2.75) is 12.7 Å². The lowest BCUT2D eigenvalue weighted by molar-refractivity contribution is -0.137. The largest absolute Gasteiger partial charge is 0.478 e. The number of alkyl halides is 3. The Morgan fingerprint density at radius 2 is 1.92 bits per heavy atom. The number of carboxylic acid groups (broad SMARTS) is 1. The third-order valence-corrected chi connectivity index (χ3v) is 4.40. The molecular weight excluding hydrogens is 406 g/mol. The Kier molecular flexibility index (Phi) is 4.32. The topological polar surface area (TPSA) is 42.2 Å². The van der Waals surface area contributed by atoms with E-state index in [1.54, 1.807) is 4.57 Å². The molecule has 0 spiro atoms. The van der Waals surface area contributed by atoms with Crippen molar-refractivity contribution >= 4 is 32.8 Å². The van der Waals surface area contributed by atoms with Crippen LogP contribution in [0.2, 0.25) is 0 Å². The zero-order chi connectivity index (χ0) is 18.4. The minimum atomic E-state index is -4.47. The number of aromatic nitrogens is 1. The highest BCUT2D eigenvalue weighted by molar-refractivity contribution is 9.10. The number of carbonyl (C=O) groups is 1. The molecule has 1 heterocycles. The van der Waals surface area contributed by atoms with Gasteiger partial charge in [-0.25, -0.2) is 9.18 Å². The number of hydrogen-bond acceptors (Lipinski definition) is 1. The predicted molar refractivity (Wildman–Crippen MR) is 87.1 cm³/mol. The predicted octanol–water partition coefficient (Wildman–Crippen LogP) is 5.31. The second-order valence-electron chi connectivity index (χ2n) is 5.42. The van der Waals surface area contributed by atoms with Gasteiger partial charge in [-0.15, -0.1) is 0 Å². The van der Waals surface area contributed by atoms with Gasteiger partial charge in [-0.05, 0) is 40.2 Å². The van der Waals surface area contributed by atoms with E-state index in [1.165, 1.54) is 24.4 Å². The Morgan fingerprint density at radius 1 is 1.20 bits per heavy atom. The number of hydrogen-bond donors (Lipinski definition) is 1. The van der Waals surface area contributed by atoms with E-state index in [1.807, 2.05) is 0 Å². The molecule has 0 saturated carbocycles. The van der Waals surface area contributed by atoms with Gasteiger partial charge in [0.2, 0.25) is 0 Å². The van der Waals surface area contributed by atoms with Gasteiger partial charge in [-0.1, -0.05) is 12.1 Å². The maximum Gasteiger partial charge on any atom is 0.416 e. The van der Waals surface area contributed by atoms with Crippen molar-refractivity contribution in [1.82, 2.24) is 4.57 Å². The Labute approximate surface area is 147 Å². The molecule has 3 nitrogen and oxygen atoms in total. The molecule has 2 aromatic carbocycles. The number of halogens is 5. The van der Waals surface area contributed by atoms with Gasteiger partial charge in [0.15, 0.2) is 0 Å². The first-order valence-electron chi connectivity index (χ1n) is 7.04. The van der Waals surface area contributed by atoms with Gasteiger partial charge >= 0.3 is 12.1 Å². The van der Waals surface area contributed by atoms with Crippen molar-refractivity contribution in [3.05, 3.63) is 69.6 Å². The van der Waals surface area contributed by atoms with E-state index in [0.29, 0.717) is 10.9 Å². The Bertz CT molecular complexity index is 979. The fourth-order valence-electron chi connectivity index (χ4n) is 2.64. The quantitative estimate of drug-likeness (QED) is 0.589. The summed E-state index contributed by atoms with van der Waals surface area (Å²) in [6, 6.07) is 7.48. The maximum absolute atomic E-state index is 14.3. The zero-order valence-electron chi connectivity index (χ0n) is 12.4. The van der Waals surface area contributed by atoms with Crippen LogP contribution in [0.1, 0.15) is 21.5 Å². The third kappa shape index (κ3) is 3.26. The van der Waals surface area contributed by atoms with Gasteiger partial charge in [0.05, 0.1) is 23.2 Å². The number of benzene rings is 2. The second-order valence-corrected chi connectivity index (χ2v) is 6.28. The smallest absolute Gasteiger partial charge is 0.416 e. The van der Waals surface area contributed by atoms with Crippen LogP contribution in [0.15, 0.2) is 47.1 Å². The third-order valence-electron chi connectivity index (χ3n) is 3.79. The SMILES string of the molecule is O=C(O)c1cccc(Cn2ccc3cc(C(F)(F)F)cc(Br)c32)c1F. The van der Waals surface area contributed by atoms with Crippen LogP contribution < -0.4 is 0 Å². The molecule has 0 unspecified atom stereocenters. The highest BCUT2D eigenvalue weighted by Crippen LogP contribution is 2.36. The van der Waals surface area contributed by atoms with E-state index in [0.717, 1.165) is 18.2 Å². The first kappa shape index (κ1) is 17.5. The lowest BCUT2D eigenvalue weighted by Gasteiger charge is -2.12. The van der Waals surface area contributed by atoms with E-state index < -0.39 is 29.1 Å². The minimum absolute atomic E-state index is 0.0135. The summed E-state index contributed by atoms with van der Waals surface area (Å²) in [5.74, 6) is -2.24. The Balaban J connectivity index is 2.07. The molecule has 0 amide bonds. The molecule has 130 valence electrons. The highest BCUT2D eigenvalue weighted by atomic mass is 79.9. The molecule has 3 aromatic rings. The second kappa shape index (κ2) is 6.18. The molecular formula is C17H10BrF4NO2. The average molecular weight is 416 g/mol. The van der Waals surface area contributed by atoms with E-state index in [-0.39, 0.29) is 16.6 Å². The average Bonchev–Trinajstić information content (AvgIpc) is 2.92. The summed E-state index contributed by atoms with van der Waals surface area (Å²) in [5, 5.41) is 9.32. The molecule has 0 fully saturated rings. The summed E-state index contributed by atoms with van der Waals surface area (Å²) in [6.07, 6.45) is -2.94. The fourth-order valence-corrected chi connectivity index (χ4v) is 3.34. The summed E-state index contributed by atoms with van der Waals surface area (Å²) in [7, 11) is 0. The first-order chi connectivity index (χ1) is 11.7. The fraction of sp³-hybridized carbons (Fsp3) is 0.118. The van der Waals surface area contributed by atoms with Crippen LogP contribution in [0.25, 0.3) is 10.9 Å². The van der Waals surface area contributed by atoms with Gasteiger partial charge in [0.1, 0.15) is 5.82 Å². The summed E-state index contributed by atoms with van der Waals surface area (Å²) in [6.45, 7) is -0.0135. The maximum atomic E-state index is 14.3. The normalized spacial score (nSPS) is 11.9. The number of carboxylic acids is 1. The van der Waals surface area contributed by atoms with Crippen LogP contribution in [-0.2, 0) is 12.7 Å². The highest BCUT2D eigenvalue weighted by Gasteiger charge is 2.31. The van der Waals surface area contributed by atoms with Gasteiger partial charge in [-0.3, -0.25) is 0 Å². The van der Waals surface area contributed by atoms with Crippen LogP contribution in [0, 0.1) is 5.82 Å². The molecule has 0 atom stereocenters. The molecule has 0 aliphatic heterocycles. The van der Waals surface area contributed by atoms with E-state index >= 15 is 0 Å².